The summed E-state index contributed by atoms with van der Waals surface area (Å²) in [4.78, 5) is 40.3. The number of fused-ring (bicyclic) bond motifs is 1. The lowest BCUT2D eigenvalue weighted by atomic mass is 9.81. The maximum Gasteiger partial charge on any atom is 0.331 e. The normalized spacial score (nSPS) is 15.8. The number of carbonyl (C=O) groups is 3. The molecule has 0 unspecified atom stereocenters. The Labute approximate surface area is 195 Å². The molecule has 1 aliphatic rings. The van der Waals surface area contributed by atoms with E-state index in [0.717, 1.165) is 16.3 Å². The Morgan fingerprint density at radius 2 is 1.76 bits per heavy atom. The summed E-state index contributed by atoms with van der Waals surface area (Å²) in [6.45, 7) is 6.14. The molecule has 2 aromatic rings. The van der Waals surface area contributed by atoms with Gasteiger partial charge in [-0.25, -0.2) is 4.79 Å². The largest absolute Gasteiger partial charge is 0.467 e. The zero-order valence-corrected chi connectivity index (χ0v) is 19.8. The van der Waals surface area contributed by atoms with E-state index in [1.807, 2.05) is 56.3 Å². The van der Waals surface area contributed by atoms with Crippen LogP contribution < -0.4 is 5.32 Å². The lowest BCUT2D eigenvalue weighted by molar-refractivity contribution is -0.152. The minimum atomic E-state index is -1.22. The van der Waals surface area contributed by atoms with Crippen LogP contribution in [0.5, 0.6) is 0 Å². The molecule has 2 amide bonds. The molecule has 1 atom stereocenters. The maximum absolute atomic E-state index is 13.1. The molecule has 1 fully saturated rings. The molecule has 3 rings (SSSR count). The van der Waals surface area contributed by atoms with Gasteiger partial charge in [-0.05, 0) is 28.7 Å². The van der Waals surface area contributed by atoms with Gasteiger partial charge in [0, 0.05) is 32.4 Å². The zero-order valence-electron chi connectivity index (χ0n) is 19.8. The molecule has 0 spiro atoms. The monoisotopic (exact) mass is 454 g/mol. The van der Waals surface area contributed by atoms with Crippen molar-refractivity contribution in [1.29, 1.82) is 0 Å². The molecule has 33 heavy (non-hydrogen) atoms. The van der Waals surface area contributed by atoms with E-state index in [-0.39, 0.29) is 30.6 Å². The van der Waals surface area contributed by atoms with Crippen molar-refractivity contribution in [3.8, 4) is 0 Å². The molecule has 7 nitrogen and oxygen atoms in total. The summed E-state index contributed by atoms with van der Waals surface area (Å²) in [5.74, 6) is -0.746. The maximum atomic E-state index is 13.1. The van der Waals surface area contributed by atoms with Gasteiger partial charge < -0.3 is 19.7 Å². The molecule has 0 aliphatic carbocycles. The molecule has 0 aromatic heterocycles. The first-order valence-electron chi connectivity index (χ1n) is 11.6. The minimum Gasteiger partial charge on any atom is -0.467 e. The van der Waals surface area contributed by atoms with Gasteiger partial charge >= 0.3 is 5.97 Å². The van der Waals surface area contributed by atoms with Crippen LogP contribution in [0.15, 0.2) is 42.5 Å². The minimum absolute atomic E-state index is 0.0164. The van der Waals surface area contributed by atoms with E-state index in [0.29, 0.717) is 39.1 Å². The van der Waals surface area contributed by atoms with E-state index >= 15 is 0 Å². The first kappa shape index (κ1) is 24.7. The number of nitrogens with one attached hydrogen (secondary N) is 1. The summed E-state index contributed by atoms with van der Waals surface area (Å²) in [5, 5.41) is 5.08. The second-order valence-corrected chi connectivity index (χ2v) is 9.03. The van der Waals surface area contributed by atoms with Gasteiger partial charge in [0.05, 0.1) is 20.3 Å². The lowest BCUT2D eigenvalue weighted by Gasteiger charge is -2.34. The molecule has 2 aromatic carbocycles. The second kappa shape index (κ2) is 11.3. The van der Waals surface area contributed by atoms with Crippen LogP contribution in [-0.4, -0.2) is 61.6 Å². The number of benzene rings is 2. The highest BCUT2D eigenvalue weighted by Crippen LogP contribution is 2.28. The van der Waals surface area contributed by atoms with Crippen LogP contribution in [0.25, 0.3) is 10.8 Å². The van der Waals surface area contributed by atoms with Crippen LogP contribution in [-0.2, 0) is 30.3 Å². The van der Waals surface area contributed by atoms with Gasteiger partial charge in [0.25, 0.3) is 0 Å². The summed E-state index contributed by atoms with van der Waals surface area (Å²) in [5.41, 5.74) is -0.254. The Morgan fingerprint density at radius 3 is 2.45 bits per heavy atom. The van der Waals surface area contributed by atoms with E-state index in [9.17, 15) is 14.4 Å². The molecule has 0 bridgehead atoms. The second-order valence-electron chi connectivity index (χ2n) is 9.03. The van der Waals surface area contributed by atoms with Crippen LogP contribution in [0, 0.1) is 5.92 Å². The average molecular weight is 455 g/mol. The topological polar surface area (TPSA) is 84.9 Å². The fourth-order valence-corrected chi connectivity index (χ4v) is 4.56. The summed E-state index contributed by atoms with van der Waals surface area (Å²) in [6, 6.07) is 13.9. The summed E-state index contributed by atoms with van der Waals surface area (Å²) in [7, 11) is 1.34. The van der Waals surface area contributed by atoms with Crippen molar-refractivity contribution in [2.24, 2.45) is 5.92 Å². The predicted octanol–water partition coefficient (Wildman–Crippen LogP) is 3.10. The number of methoxy groups -OCH3 is 1. The summed E-state index contributed by atoms with van der Waals surface area (Å²) in [6.07, 6.45) is 0.843. The Bertz CT molecular complexity index is 978. The van der Waals surface area contributed by atoms with Crippen molar-refractivity contribution in [3.05, 3.63) is 48.0 Å². The van der Waals surface area contributed by atoms with Crippen LogP contribution in [0.4, 0.5) is 0 Å². The van der Waals surface area contributed by atoms with Gasteiger partial charge in [-0.1, -0.05) is 56.3 Å². The van der Waals surface area contributed by atoms with Crippen LogP contribution in [0.3, 0.4) is 0 Å². The third-order valence-corrected chi connectivity index (χ3v) is 6.01. The first-order valence-corrected chi connectivity index (χ1v) is 11.6. The predicted molar refractivity (Wildman–Crippen MR) is 127 cm³/mol. The number of morpholine rings is 1. The smallest absolute Gasteiger partial charge is 0.331 e. The zero-order chi connectivity index (χ0) is 23.8. The summed E-state index contributed by atoms with van der Waals surface area (Å²) >= 11 is 0. The van der Waals surface area contributed by atoms with Crippen molar-refractivity contribution >= 4 is 28.6 Å². The third-order valence-electron chi connectivity index (χ3n) is 6.01. The van der Waals surface area contributed by atoms with Gasteiger partial charge in [0.1, 0.15) is 5.54 Å². The standard InChI is InChI=1S/C26H34N2O5/c1-19(2)17-26(25(31)32-3,18-21-9-6-8-20-7-4-5-10-22(20)21)27-23(29)11-12-24(30)28-13-15-33-16-14-28/h4-10,19H,11-18H2,1-3H3,(H,27,29)/t26-/m1/s1. The molecule has 7 heteroatoms. The summed E-state index contributed by atoms with van der Waals surface area (Å²) < 4.78 is 10.5. The molecular formula is C26H34N2O5. The van der Waals surface area contributed by atoms with E-state index in [2.05, 4.69) is 5.32 Å². The first-order chi connectivity index (χ1) is 15.8. The lowest BCUT2D eigenvalue weighted by Crippen LogP contribution is -2.57. The van der Waals surface area contributed by atoms with Gasteiger partial charge in [0.2, 0.25) is 11.8 Å². The van der Waals surface area contributed by atoms with Crippen molar-refractivity contribution < 1.29 is 23.9 Å². The van der Waals surface area contributed by atoms with Crippen molar-refractivity contribution in [2.45, 2.75) is 45.1 Å². The number of hydrogen-bond acceptors (Lipinski definition) is 5. The quantitative estimate of drug-likeness (QED) is 0.589. The molecule has 0 saturated carbocycles. The molecule has 1 saturated heterocycles. The van der Waals surface area contributed by atoms with Gasteiger partial charge in [-0.15, -0.1) is 0 Å². The average Bonchev–Trinajstić information content (AvgIpc) is 2.82. The highest BCUT2D eigenvalue weighted by Gasteiger charge is 2.42. The number of nitrogens with zero attached hydrogens (tertiary/aromatic N) is 1. The number of rotatable bonds is 9. The van der Waals surface area contributed by atoms with E-state index in [1.165, 1.54) is 7.11 Å². The van der Waals surface area contributed by atoms with Crippen LogP contribution in [0.2, 0.25) is 0 Å². The fourth-order valence-electron chi connectivity index (χ4n) is 4.56. The van der Waals surface area contributed by atoms with Crippen LogP contribution in [0.1, 0.15) is 38.7 Å². The van der Waals surface area contributed by atoms with Gasteiger partial charge in [-0.3, -0.25) is 9.59 Å². The van der Waals surface area contributed by atoms with E-state index in [1.54, 1.807) is 4.90 Å². The number of ether oxygens (including phenoxy) is 2. The number of hydrogen-bond donors (Lipinski definition) is 1. The van der Waals surface area contributed by atoms with Crippen molar-refractivity contribution in [3.63, 3.8) is 0 Å². The molecule has 178 valence electrons. The Morgan fingerprint density at radius 1 is 1.06 bits per heavy atom. The molecule has 1 N–H and O–H groups in total. The van der Waals surface area contributed by atoms with Crippen molar-refractivity contribution in [2.75, 3.05) is 33.4 Å². The molecule has 1 aliphatic heterocycles. The number of amides is 2. The number of carbonyl (C=O) groups excluding carboxylic acids is 3. The Hall–Kier alpha value is -2.93. The van der Waals surface area contributed by atoms with Crippen molar-refractivity contribution in [1.82, 2.24) is 10.2 Å². The fraction of sp³-hybridized carbons (Fsp3) is 0.500. The molecule has 0 radical (unpaired) electrons. The molecular weight excluding hydrogens is 420 g/mol. The highest BCUT2D eigenvalue weighted by atomic mass is 16.5. The third kappa shape index (κ3) is 6.32. The van der Waals surface area contributed by atoms with E-state index in [4.69, 9.17) is 9.47 Å². The van der Waals surface area contributed by atoms with Crippen LogP contribution >= 0.6 is 0 Å². The van der Waals surface area contributed by atoms with E-state index < -0.39 is 11.5 Å². The Kier molecular flexibility index (Phi) is 8.44. The van der Waals surface area contributed by atoms with Gasteiger partial charge in [-0.2, -0.15) is 0 Å². The molecule has 1 heterocycles. The Balaban J connectivity index is 1.81. The highest BCUT2D eigenvalue weighted by molar-refractivity contribution is 5.92. The number of esters is 1. The SMILES string of the molecule is COC(=O)[C@](Cc1cccc2ccccc12)(CC(C)C)NC(=O)CCC(=O)N1CCOCC1. The van der Waals surface area contributed by atoms with Gasteiger partial charge in [0.15, 0.2) is 0 Å².